The topological polar surface area (TPSA) is 38.8 Å². The second-order valence-electron chi connectivity index (χ2n) is 8.38. The molecule has 0 aromatic rings. The van der Waals surface area contributed by atoms with Crippen LogP contribution in [0.3, 0.4) is 0 Å². The lowest BCUT2D eigenvalue weighted by Gasteiger charge is -2.31. The van der Waals surface area contributed by atoms with Gasteiger partial charge in [-0.25, -0.2) is 0 Å². The Morgan fingerprint density at radius 1 is 0.649 bits per heavy atom. The van der Waals surface area contributed by atoms with E-state index in [2.05, 4.69) is 48.0 Å². The minimum atomic E-state index is 0.279. The number of likely N-dealkylation sites (tertiary alicyclic amines) is 1. The maximum atomic E-state index is 11.1. The molecule has 0 saturated carbocycles. The number of hydrogen-bond donors (Lipinski definition) is 1. The highest BCUT2D eigenvalue weighted by atomic mass is 32.2. The normalized spacial score (nSPS) is 16.8. The Hall–Kier alpha value is -1.27. The summed E-state index contributed by atoms with van der Waals surface area (Å²) in [5.41, 5.74) is 2.61. The van der Waals surface area contributed by atoms with E-state index in [0.717, 1.165) is 39.0 Å². The second kappa shape index (κ2) is 29.3. The van der Waals surface area contributed by atoms with Crippen molar-refractivity contribution >= 4 is 22.3 Å². The molecule has 222 valence electrons. The minimum absolute atomic E-state index is 0.279. The first-order valence-electron chi connectivity index (χ1n) is 15.2. The molecule has 3 heterocycles. The van der Waals surface area contributed by atoms with Crippen molar-refractivity contribution in [3.63, 3.8) is 0 Å². The van der Waals surface area contributed by atoms with E-state index in [4.69, 9.17) is 0 Å². The lowest BCUT2D eigenvalue weighted by atomic mass is 10.1. The van der Waals surface area contributed by atoms with Crippen molar-refractivity contribution < 1.29 is 4.79 Å². The lowest BCUT2D eigenvalue weighted by molar-refractivity contribution is -0.131. The molecule has 3 rings (SSSR count). The zero-order chi connectivity index (χ0) is 29.1. The van der Waals surface area contributed by atoms with Crippen LogP contribution < -0.4 is 5.32 Å². The maximum absolute atomic E-state index is 11.1. The number of piperazine rings is 1. The van der Waals surface area contributed by atoms with Gasteiger partial charge in [-0.05, 0) is 32.1 Å². The molecule has 0 aliphatic carbocycles. The van der Waals surface area contributed by atoms with Crippen LogP contribution in [0.4, 0.5) is 0 Å². The molecule has 37 heavy (non-hydrogen) atoms. The monoisotopic (exact) mass is 542 g/mol. The smallest absolute Gasteiger partial charge is 0.222 e. The van der Waals surface area contributed by atoms with E-state index in [1.807, 2.05) is 53.4 Å². The van der Waals surface area contributed by atoms with Crippen LogP contribution >= 0.6 is 10.5 Å². The van der Waals surface area contributed by atoms with Crippen molar-refractivity contribution in [2.75, 3.05) is 63.9 Å². The first-order valence-corrected chi connectivity index (χ1v) is 17.0. The van der Waals surface area contributed by atoms with Gasteiger partial charge in [-0.1, -0.05) is 81.3 Å². The fourth-order valence-electron chi connectivity index (χ4n) is 3.80. The van der Waals surface area contributed by atoms with Crippen LogP contribution in [0.15, 0.2) is 24.6 Å². The molecule has 0 unspecified atom stereocenters. The predicted molar refractivity (Wildman–Crippen MR) is 174 cm³/mol. The van der Waals surface area contributed by atoms with E-state index in [0.29, 0.717) is 16.9 Å². The van der Waals surface area contributed by atoms with Gasteiger partial charge in [0, 0.05) is 81.7 Å². The van der Waals surface area contributed by atoms with Crippen molar-refractivity contribution in [3.8, 4) is 0 Å². The third-order valence-electron chi connectivity index (χ3n) is 6.14. The Morgan fingerprint density at radius 2 is 1.05 bits per heavy atom. The van der Waals surface area contributed by atoms with E-state index >= 15 is 0 Å². The Morgan fingerprint density at radius 3 is 1.43 bits per heavy atom. The van der Waals surface area contributed by atoms with Gasteiger partial charge in [0.2, 0.25) is 5.91 Å². The van der Waals surface area contributed by atoms with Gasteiger partial charge in [0.1, 0.15) is 0 Å². The molecule has 3 aliphatic rings. The minimum Gasteiger partial charge on any atom is -0.375 e. The number of nitrogens with one attached hydrogen (secondary N) is 1. The number of nitrogens with zero attached hydrogens (tertiary/aromatic N) is 3. The number of amides is 1. The molecule has 1 amide bonds. The van der Waals surface area contributed by atoms with Gasteiger partial charge >= 0.3 is 0 Å². The average Bonchev–Trinajstić information content (AvgIpc) is 3.01. The standard InChI is InChI=1S/C9H17NS.C9H17N.C7H14N2O.3C2H6/c1-4-9(2)10-5-7-11(3)8-6-10;1-3-9(2)10-7-5-4-6-8-10;1-2-7(10)9-5-3-8-4-6-9;3*1-2/h2-8H2,1H3;2-8H2,1H3;8H,2-6H2,1H3;3*1-2H3. The molecule has 0 bridgehead atoms. The summed E-state index contributed by atoms with van der Waals surface area (Å²) in [4.78, 5) is 17.8. The Kier molecular flexibility index (Phi) is 31.8. The van der Waals surface area contributed by atoms with E-state index in [1.165, 1.54) is 68.3 Å². The van der Waals surface area contributed by atoms with Crippen LogP contribution in [0.2, 0.25) is 0 Å². The van der Waals surface area contributed by atoms with Crippen LogP contribution in [0, 0.1) is 0 Å². The molecule has 5 nitrogen and oxygen atoms in total. The molecular weight excluding hydrogens is 476 g/mol. The third-order valence-corrected chi connectivity index (χ3v) is 7.66. The van der Waals surface area contributed by atoms with Crippen LogP contribution in [0.1, 0.15) is 101 Å². The first-order chi connectivity index (χ1) is 17.9. The Bertz CT molecular complexity index is 528. The summed E-state index contributed by atoms with van der Waals surface area (Å²) in [6.45, 7) is 34.8. The predicted octanol–water partition coefficient (Wildman–Crippen LogP) is 7.23. The molecule has 3 aliphatic heterocycles. The second-order valence-corrected chi connectivity index (χ2v) is 10.4. The van der Waals surface area contributed by atoms with Crippen LogP contribution in [-0.2, 0) is 4.79 Å². The van der Waals surface area contributed by atoms with Gasteiger partial charge in [0.05, 0.1) is 0 Å². The zero-order valence-corrected chi connectivity index (χ0v) is 27.4. The van der Waals surface area contributed by atoms with Crippen LogP contribution in [-0.4, -0.2) is 90.3 Å². The largest absolute Gasteiger partial charge is 0.375 e. The number of piperidine rings is 1. The van der Waals surface area contributed by atoms with Crippen molar-refractivity contribution in [2.45, 2.75) is 101 Å². The molecule has 3 fully saturated rings. The molecule has 1 N–H and O–H groups in total. The number of carbonyl (C=O) groups is 1. The summed E-state index contributed by atoms with van der Waals surface area (Å²) >= 11 is 0. The molecule has 0 radical (unpaired) electrons. The van der Waals surface area contributed by atoms with Crippen molar-refractivity contribution in [1.82, 2.24) is 20.0 Å². The SMILES string of the molecule is C=C(CC)N1CCCCC1.C=C(CC)N1CCS(=C)CC1.CC.CC.CC.CCC(=O)N1CCNCC1. The Labute approximate surface area is 236 Å². The highest BCUT2D eigenvalue weighted by Crippen LogP contribution is 2.19. The number of hydrogen-bond acceptors (Lipinski definition) is 4. The molecule has 0 spiro atoms. The summed E-state index contributed by atoms with van der Waals surface area (Å²) in [5.74, 6) is 6.89. The number of rotatable bonds is 5. The van der Waals surface area contributed by atoms with E-state index in [-0.39, 0.29) is 5.91 Å². The average molecular weight is 543 g/mol. The van der Waals surface area contributed by atoms with Gasteiger partial charge in [-0.3, -0.25) is 4.79 Å². The van der Waals surface area contributed by atoms with Gasteiger partial charge in [0.15, 0.2) is 0 Å². The van der Waals surface area contributed by atoms with Crippen molar-refractivity contribution in [2.24, 2.45) is 0 Å². The molecule has 0 atom stereocenters. The molecule has 6 heteroatoms. The Balaban J connectivity index is -0.000000425. The first kappa shape index (κ1) is 40.2. The van der Waals surface area contributed by atoms with Crippen molar-refractivity contribution in [3.05, 3.63) is 24.6 Å². The molecule has 3 saturated heterocycles. The van der Waals surface area contributed by atoms with E-state index < -0.39 is 0 Å². The van der Waals surface area contributed by atoms with E-state index in [1.54, 1.807) is 0 Å². The third kappa shape index (κ3) is 20.4. The van der Waals surface area contributed by atoms with Gasteiger partial charge in [-0.2, -0.15) is 10.5 Å². The van der Waals surface area contributed by atoms with Gasteiger partial charge in [0.25, 0.3) is 0 Å². The van der Waals surface area contributed by atoms with Gasteiger partial charge < -0.3 is 20.0 Å². The van der Waals surface area contributed by atoms with Gasteiger partial charge in [-0.15, -0.1) is 0 Å². The van der Waals surface area contributed by atoms with Crippen molar-refractivity contribution in [1.29, 1.82) is 0 Å². The number of carbonyl (C=O) groups excluding carboxylic acids is 1. The highest BCUT2D eigenvalue weighted by molar-refractivity contribution is 8.14. The molecule has 0 aromatic heterocycles. The summed E-state index contributed by atoms with van der Waals surface area (Å²) in [6.07, 6.45) is 6.97. The highest BCUT2D eigenvalue weighted by Gasteiger charge is 2.13. The summed E-state index contributed by atoms with van der Waals surface area (Å²) in [7, 11) is 0.438. The molecular formula is C31H66N4OS. The lowest BCUT2D eigenvalue weighted by Crippen LogP contribution is -2.46. The van der Waals surface area contributed by atoms with E-state index in [9.17, 15) is 4.79 Å². The fourth-order valence-corrected chi connectivity index (χ4v) is 4.97. The maximum Gasteiger partial charge on any atom is 0.222 e. The van der Waals surface area contributed by atoms with Crippen LogP contribution in [0.5, 0.6) is 0 Å². The van der Waals surface area contributed by atoms with Crippen LogP contribution in [0.25, 0.3) is 0 Å². The summed E-state index contributed by atoms with van der Waals surface area (Å²) < 4.78 is 0. The number of allylic oxidation sites excluding steroid dienone is 2. The quantitative estimate of drug-likeness (QED) is 0.372. The zero-order valence-electron chi connectivity index (χ0n) is 26.6. The fraction of sp³-hybridized carbons (Fsp3) is 0.806. The summed E-state index contributed by atoms with van der Waals surface area (Å²) in [5, 5.41) is 3.20. The molecule has 0 aromatic carbocycles. The summed E-state index contributed by atoms with van der Waals surface area (Å²) in [6, 6.07) is 0.